The molecule has 1 N–H and O–H groups in total. The van der Waals surface area contributed by atoms with Crippen molar-refractivity contribution in [2.45, 2.75) is 0 Å². The van der Waals surface area contributed by atoms with Crippen LogP contribution in [-0.4, -0.2) is 19.9 Å². The number of hydrogen-bond acceptors (Lipinski definition) is 3. The Morgan fingerprint density at radius 1 is 0.349 bits per heavy atom. The highest BCUT2D eigenvalue weighted by Crippen LogP contribution is 2.38. The van der Waals surface area contributed by atoms with Crippen LogP contribution in [-0.2, 0) is 0 Å². The zero-order valence-electron chi connectivity index (χ0n) is 23.1. The third kappa shape index (κ3) is 3.74. The van der Waals surface area contributed by atoms with Crippen molar-refractivity contribution >= 4 is 54.1 Å². The molecule has 9 aromatic rings. The number of nitrogens with zero attached hydrogens (tertiary/aromatic N) is 3. The SMILES string of the molecule is c1ccc(-c2nc(-c3cccc4c3ccc3ccc5ccccc5c34)nc(-c3cccc4[nH]c5ccccc5c34)n2)cc1. The van der Waals surface area contributed by atoms with Crippen LogP contribution in [0, 0.1) is 0 Å². The molecule has 0 radical (unpaired) electrons. The van der Waals surface area contributed by atoms with Gasteiger partial charge in [-0.2, -0.15) is 0 Å². The number of benzene rings is 7. The van der Waals surface area contributed by atoms with Crippen molar-refractivity contribution in [2.24, 2.45) is 0 Å². The van der Waals surface area contributed by atoms with E-state index in [0.29, 0.717) is 17.5 Å². The molecule has 9 rings (SSSR count). The Labute approximate surface area is 247 Å². The minimum atomic E-state index is 0.653. The third-order valence-electron chi connectivity index (χ3n) is 8.45. The van der Waals surface area contributed by atoms with Crippen LogP contribution in [0.3, 0.4) is 0 Å². The van der Waals surface area contributed by atoms with Gasteiger partial charge in [0.25, 0.3) is 0 Å². The number of hydrogen-bond donors (Lipinski definition) is 1. The number of para-hydroxylation sites is 1. The number of nitrogens with one attached hydrogen (secondary N) is 1. The molecule has 0 aliphatic heterocycles. The first-order valence-electron chi connectivity index (χ1n) is 14.5. The van der Waals surface area contributed by atoms with E-state index in [0.717, 1.165) is 43.9 Å². The molecular formula is C39H24N4. The normalized spacial score (nSPS) is 11.7. The van der Waals surface area contributed by atoms with Gasteiger partial charge in [0.05, 0.1) is 0 Å². The standard InChI is InChI=1S/C39H24N4/c1-2-11-26(12-3-1)37-41-38(43-39(42-37)32-17-9-19-34-36(32)31-14-6-7-18-33(31)40-34)30-16-8-15-29-28(30)23-22-25-21-20-24-10-4-5-13-27(24)35(25)29/h1-23,40H. The molecule has 0 saturated carbocycles. The van der Waals surface area contributed by atoms with Gasteiger partial charge in [0.1, 0.15) is 0 Å². The molecule has 0 atom stereocenters. The molecule has 2 aromatic heterocycles. The monoisotopic (exact) mass is 548 g/mol. The number of aromatic amines is 1. The van der Waals surface area contributed by atoms with Crippen molar-refractivity contribution in [3.8, 4) is 34.2 Å². The van der Waals surface area contributed by atoms with Gasteiger partial charge in [0.2, 0.25) is 0 Å². The van der Waals surface area contributed by atoms with E-state index in [1.807, 2.05) is 18.2 Å². The van der Waals surface area contributed by atoms with Gasteiger partial charge in [-0.1, -0.05) is 127 Å². The lowest BCUT2D eigenvalue weighted by atomic mass is 9.94. The minimum Gasteiger partial charge on any atom is -0.354 e. The van der Waals surface area contributed by atoms with Gasteiger partial charge in [-0.25, -0.2) is 15.0 Å². The zero-order valence-corrected chi connectivity index (χ0v) is 23.1. The topological polar surface area (TPSA) is 54.5 Å². The van der Waals surface area contributed by atoms with E-state index in [1.54, 1.807) is 0 Å². The summed E-state index contributed by atoms with van der Waals surface area (Å²) >= 11 is 0. The highest BCUT2D eigenvalue weighted by molar-refractivity contribution is 6.22. The lowest BCUT2D eigenvalue weighted by Gasteiger charge is -2.13. The Hall–Kier alpha value is -5.87. The average molecular weight is 549 g/mol. The molecule has 0 amide bonds. The summed E-state index contributed by atoms with van der Waals surface area (Å²) in [5, 5.41) is 9.52. The van der Waals surface area contributed by atoms with E-state index in [9.17, 15) is 0 Å². The van der Waals surface area contributed by atoms with Crippen LogP contribution in [0.1, 0.15) is 0 Å². The molecule has 0 bridgehead atoms. The summed E-state index contributed by atoms with van der Waals surface area (Å²) in [5.74, 6) is 1.97. The highest BCUT2D eigenvalue weighted by Gasteiger charge is 2.18. The molecule has 0 fully saturated rings. The van der Waals surface area contributed by atoms with Crippen LogP contribution in [0.25, 0.3) is 88.3 Å². The van der Waals surface area contributed by atoms with Gasteiger partial charge in [0.15, 0.2) is 17.5 Å². The number of H-pyrrole nitrogens is 1. The molecule has 0 spiro atoms. The van der Waals surface area contributed by atoms with E-state index in [1.165, 1.54) is 26.9 Å². The van der Waals surface area contributed by atoms with Crippen molar-refractivity contribution < 1.29 is 0 Å². The summed E-state index contributed by atoms with van der Waals surface area (Å²) in [6, 6.07) is 48.7. The average Bonchev–Trinajstić information content (AvgIpc) is 3.47. The maximum absolute atomic E-state index is 5.19. The zero-order chi connectivity index (χ0) is 28.3. The van der Waals surface area contributed by atoms with Crippen LogP contribution >= 0.6 is 0 Å². The van der Waals surface area contributed by atoms with Crippen molar-refractivity contribution in [2.75, 3.05) is 0 Å². The fourth-order valence-corrected chi connectivity index (χ4v) is 6.48. The van der Waals surface area contributed by atoms with Gasteiger partial charge in [0, 0.05) is 38.5 Å². The number of aromatic nitrogens is 4. The van der Waals surface area contributed by atoms with Gasteiger partial charge in [-0.05, 0) is 44.5 Å². The second kappa shape index (κ2) is 9.33. The van der Waals surface area contributed by atoms with Gasteiger partial charge in [-0.3, -0.25) is 0 Å². The fourth-order valence-electron chi connectivity index (χ4n) is 6.48. The smallest absolute Gasteiger partial charge is 0.164 e. The van der Waals surface area contributed by atoms with Crippen LogP contribution in [0.4, 0.5) is 0 Å². The van der Waals surface area contributed by atoms with Gasteiger partial charge >= 0.3 is 0 Å². The molecule has 0 saturated heterocycles. The Balaban J connectivity index is 1.35. The second-order valence-corrected chi connectivity index (χ2v) is 10.9. The first kappa shape index (κ1) is 23.8. The van der Waals surface area contributed by atoms with Crippen molar-refractivity contribution in [3.63, 3.8) is 0 Å². The van der Waals surface area contributed by atoms with Crippen molar-refractivity contribution in [1.82, 2.24) is 19.9 Å². The van der Waals surface area contributed by atoms with E-state index in [-0.39, 0.29) is 0 Å². The van der Waals surface area contributed by atoms with Crippen LogP contribution < -0.4 is 0 Å². The van der Waals surface area contributed by atoms with Crippen LogP contribution in [0.15, 0.2) is 140 Å². The Morgan fingerprint density at radius 3 is 1.88 bits per heavy atom. The Morgan fingerprint density at radius 2 is 0.977 bits per heavy atom. The van der Waals surface area contributed by atoms with Gasteiger partial charge in [-0.15, -0.1) is 0 Å². The largest absolute Gasteiger partial charge is 0.354 e. The first-order chi connectivity index (χ1) is 21.3. The molecule has 4 heteroatoms. The molecular weight excluding hydrogens is 524 g/mol. The first-order valence-corrected chi connectivity index (χ1v) is 14.5. The van der Waals surface area contributed by atoms with Crippen LogP contribution in [0.5, 0.6) is 0 Å². The predicted molar refractivity (Wildman–Crippen MR) is 178 cm³/mol. The van der Waals surface area contributed by atoms with E-state index >= 15 is 0 Å². The second-order valence-electron chi connectivity index (χ2n) is 10.9. The fraction of sp³-hybridized carbons (Fsp3) is 0. The van der Waals surface area contributed by atoms with Crippen molar-refractivity contribution in [3.05, 3.63) is 140 Å². The summed E-state index contributed by atoms with van der Waals surface area (Å²) in [6.45, 7) is 0. The Bertz CT molecular complexity index is 2510. The molecule has 0 unspecified atom stereocenters. The molecule has 7 aromatic carbocycles. The molecule has 0 aliphatic rings. The summed E-state index contributed by atoms with van der Waals surface area (Å²) in [7, 11) is 0. The predicted octanol–water partition coefficient (Wildman–Crippen LogP) is 9.97. The summed E-state index contributed by atoms with van der Waals surface area (Å²) in [4.78, 5) is 18.9. The van der Waals surface area contributed by atoms with Gasteiger partial charge < -0.3 is 4.98 Å². The number of rotatable bonds is 3. The third-order valence-corrected chi connectivity index (χ3v) is 8.45. The lowest BCUT2D eigenvalue weighted by Crippen LogP contribution is -2.01. The minimum absolute atomic E-state index is 0.653. The molecule has 43 heavy (non-hydrogen) atoms. The molecule has 0 aliphatic carbocycles. The molecule has 200 valence electrons. The maximum Gasteiger partial charge on any atom is 0.164 e. The van der Waals surface area contributed by atoms with Crippen molar-refractivity contribution in [1.29, 1.82) is 0 Å². The number of fused-ring (bicyclic) bond motifs is 8. The summed E-state index contributed by atoms with van der Waals surface area (Å²) in [6.07, 6.45) is 0. The summed E-state index contributed by atoms with van der Waals surface area (Å²) < 4.78 is 0. The van der Waals surface area contributed by atoms with E-state index < -0.39 is 0 Å². The van der Waals surface area contributed by atoms with Crippen LogP contribution in [0.2, 0.25) is 0 Å². The summed E-state index contributed by atoms with van der Waals surface area (Å²) in [5.41, 5.74) is 5.07. The lowest BCUT2D eigenvalue weighted by molar-refractivity contribution is 1.08. The Kier molecular flexibility index (Phi) is 5.16. The van der Waals surface area contributed by atoms with E-state index in [2.05, 4.69) is 126 Å². The van der Waals surface area contributed by atoms with E-state index in [4.69, 9.17) is 15.0 Å². The maximum atomic E-state index is 5.19. The highest BCUT2D eigenvalue weighted by atomic mass is 15.0. The quantitative estimate of drug-likeness (QED) is 0.224. The molecule has 4 nitrogen and oxygen atoms in total. The molecule has 2 heterocycles.